The third-order valence-corrected chi connectivity index (χ3v) is 2.87. The molecule has 0 saturated carbocycles. The fraction of sp³-hybridized carbons (Fsp3) is 0.385. The van der Waals surface area contributed by atoms with E-state index in [1.165, 1.54) is 7.11 Å². The van der Waals surface area contributed by atoms with Gasteiger partial charge in [-0.05, 0) is 17.7 Å². The Morgan fingerprint density at radius 3 is 2.35 bits per heavy atom. The largest absolute Gasteiger partial charge is 0.467 e. The number of hydrogen-bond donors (Lipinski definition) is 1. The standard InChI is InChI=1S/C13H15NO3/c1-13(2,11(15)12(16)17-3)10-6-4-9(8-14)5-7-10/h4-7,11,15H,1-3H3. The summed E-state index contributed by atoms with van der Waals surface area (Å²) in [5.74, 6) is -0.667. The molecule has 0 saturated heterocycles. The van der Waals surface area contributed by atoms with Gasteiger partial charge in [-0.2, -0.15) is 5.26 Å². The fourth-order valence-corrected chi connectivity index (χ4v) is 1.54. The van der Waals surface area contributed by atoms with Gasteiger partial charge in [0.15, 0.2) is 6.10 Å². The second-order valence-corrected chi connectivity index (χ2v) is 4.34. The molecule has 0 radical (unpaired) electrons. The first-order chi connectivity index (χ1) is 7.93. The van der Waals surface area contributed by atoms with E-state index in [1.54, 1.807) is 38.1 Å². The Morgan fingerprint density at radius 1 is 1.41 bits per heavy atom. The first-order valence-corrected chi connectivity index (χ1v) is 5.20. The van der Waals surface area contributed by atoms with Crippen molar-refractivity contribution in [1.29, 1.82) is 5.26 Å². The fourth-order valence-electron chi connectivity index (χ4n) is 1.54. The van der Waals surface area contributed by atoms with Crippen LogP contribution in [0.5, 0.6) is 0 Å². The number of aliphatic hydroxyl groups excluding tert-OH is 1. The highest BCUT2D eigenvalue weighted by Gasteiger charge is 2.35. The molecule has 0 aromatic heterocycles. The van der Waals surface area contributed by atoms with Crippen molar-refractivity contribution in [2.45, 2.75) is 25.4 Å². The molecule has 4 nitrogen and oxygen atoms in total. The van der Waals surface area contributed by atoms with Crippen LogP contribution in [0.3, 0.4) is 0 Å². The van der Waals surface area contributed by atoms with Gasteiger partial charge in [0.25, 0.3) is 0 Å². The molecule has 1 atom stereocenters. The summed E-state index contributed by atoms with van der Waals surface area (Å²) < 4.78 is 4.52. The lowest BCUT2D eigenvalue weighted by Gasteiger charge is -2.29. The van der Waals surface area contributed by atoms with Crippen molar-refractivity contribution in [1.82, 2.24) is 0 Å². The number of esters is 1. The van der Waals surface area contributed by atoms with Gasteiger partial charge in [-0.15, -0.1) is 0 Å². The van der Waals surface area contributed by atoms with Crippen molar-refractivity contribution in [3.63, 3.8) is 0 Å². The monoisotopic (exact) mass is 233 g/mol. The van der Waals surface area contributed by atoms with Gasteiger partial charge < -0.3 is 9.84 Å². The molecule has 1 rings (SSSR count). The molecule has 1 aromatic rings. The normalized spacial score (nSPS) is 12.6. The van der Waals surface area contributed by atoms with E-state index in [0.717, 1.165) is 5.56 Å². The number of nitriles is 1. The number of carbonyl (C=O) groups excluding carboxylic acids is 1. The molecule has 0 spiro atoms. The van der Waals surface area contributed by atoms with Crippen LogP contribution in [-0.2, 0) is 14.9 Å². The molecule has 17 heavy (non-hydrogen) atoms. The van der Waals surface area contributed by atoms with Crippen molar-refractivity contribution in [2.75, 3.05) is 7.11 Å². The third-order valence-electron chi connectivity index (χ3n) is 2.87. The number of carbonyl (C=O) groups is 1. The van der Waals surface area contributed by atoms with Crippen LogP contribution >= 0.6 is 0 Å². The van der Waals surface area contributed by atoms with Gasteiger partial charge in [0, 0.05) is 5.41 Å². The van der Waals surface area contributed by atoms with Gasteiger partial charge >= 0.3 is 5.97 Å². The lowest BCUT2D eigenvalue weighted by molar-refractivity contribution is -0.153. The molecule has 0 aliphatic carbocycles. The average molecular weight is 233 g/mol. The number of aliphatic hydroxyl groups is 1. The molecular formula is C13H15NO3. The average Bonchev–Trinajstić information content (AvgIpc) is 2.36. The van der Waals surface area contributed by atoms with Crippen LogP contribution in [0.2, 0.25) is 0 Å². The minimum Gasteiger partial charge on any atom is -0.467 e. The molecule has 0 bridgehead atoms. The maximum Gasteiger partial charge on any atom is 0.335 e. The Morgan fingerprint density at radius 2 is 1.94 bits per heavy atom. The number of benzene rings is 1. The first-order valence-electron chi connectivity index (χ1n) is 5.20. The molecule has 0 fully saturated rings. The molecule has 1 N–H and O–H groups in total. The van der Waals surface area contributed by atoms with E-state index in [2.05, 4.69) is 4.74 Å². The molecule has 0 heterocycles. The summed E-state index contributed by atoms with van der Waals surface area (Å²) in [7, 11) is 1.24. The van der Waals surface area contributed by atoms with Crippen LogP contribution in [-0.4, -0.2) is 24.3 Å². The molecule has 0 aliphatic heterocycles. The third kappa shape index (κ3) is 2.63. The molecule has 4 heteroatoms. The minimum atomic E-state index is -1.24. The summed E-state index contributed by atoms with van der Waals surface area (Å²) in [6.07, 6.45) is -1.24. The van der Waals surface area contributed by atoms with E-state index in [1.807, 2.05) is 6.07 Å². The van der Waals surface area contributed by atoms with Gasteiger partial charge in [0.2, 0.25) is 0 Å². The first kappa shape index (κ1) is 13.2. The molecule has 1 aromatic carbocycles. The lowest BCUT2D eigenvalue weighted by atomic mass is 9.79. The summed E-state index contributed by atoms with van der Waals surface area (Å²) in [5, 5.41) is 18.6. The van der Waals surface area contributed by atoms with E-state index in [9.17, 15) is 9.90 Å². The maximum absolute atomic E-state index is 11.3. The molecule has 90 valence electrons. The highest BCUT2D eigenvalue weighted by atomic mass is 16.5. The predicted molar refractivity (Wildman–Crippen MR) is 62.2 cm³/mol. The van der Waals surface area contributed by atoms with Crippen molar-refractivity contribution in [3.8, 4) is 6.07 Å². The van der Waals surface area contributed by atoms with Crippen molar-refractivity contribution >= 4 is 5.97 Å². The number of rotatable bonds is 3. The minimum absolute atomic E-state index is 0.539. The predicted octanol–water partition coefficient (Wildman–Crippen LogP) is 1.37. The van der Waals surface area contributed by atoms with Crippen LogP contribution in [0, 0.1) is 11.3 Å². The van der Waals surface area contributed by atoms with Gasteiger partial charge in [0.1, 0.15) is 0 Å². The van der Waals surface area contributed by atoms with Crippen molar-refractivity contribution in [2.24, 2.45) is 0 Å². The van der Waals surface area contributed by atoms with Crippen LogP contribution < -0.4 is 0 Å². The zero-order valence-corrected chi connectivity index (χ0v) is 10.1. The van der Waals surface area contributed by atoms with Crippen molar-refractivity contribution in [3.05, 3.63) is 35.4 Å². The lowest BCUT2D eigenvalue weighted by Crippen LogP contribution is -2.40. The Hall–Kier alpha value is -1.86. The number of nitrogens with zero attached hydrogens (tertiary/aromatic N) is 1. The zero-order chi connectivity index (χ0) is 13.1. The van der Waals surface area contributed by atoms with Crippen molar-refractivity contribution < 1.29 is 14.6 Å². The van der Waals surface area contributed by atoms with Gasteiger partial charge in [0.05, 0.1) is 18.7 Å². The van der Waals surface area contributed by atoms with E-state index >= 15 is 0 Å². The van der Waals surface area contributed by atoms with Crippen LogP contribution in [0.25, 0.3) is 0 Å². The summed E-state index contributed by atoms with van der Waals surface area (Å²) in [6.45, 7) is 3.49. The van der Waals surface area contributed by atoms with E-state index in [4.69, 9.17) is 5.26 Å². The maximum atomic E-state index is 11.3. The van der Waals surface area contributed by atoms with E-state index in [-0.39, 0.29) is 0 Å². The summed E-state index contributed by atoms with van der Waals surface area (Å²) in [6, 6.07) is 8.78. The van der Waals surface area contributed by atoms with E-state index in [0.29, 0.717) is 5.56 Å². The van der Waals surface area contributed by atoms with E-state index < -0.39 is 17.5 Å². The van der Waals surface area contributed by atoms with Gasteiger partial charge in [-0.1, -0.05) is 26.0 Å². The summed E-state index contributed by atoms with van der Waals surface area (Å²) >= 11 is 0. The number of hydrogen-bond acceptors (Lipinski definition) is 4. The summed E-state index contributed by atoms with van der Waals surface area (Å²) in [4.78, 5) is 11.3. The Kier molecular flexibility index (Phi) is 3.87. The number of ether oxygens (including phenoxy) is 1. The molecule has 0 amide bonds. The Bertz CT molecular complexity index is 443. The van der Waals surface area contributed by atoms with Crippen LogP contribution in [0.15, 0.2) is 24.3 Å². The molecular weight excluding hydrogens is 218 g/mol. The number of methoxy groups -OCH3 is 1. The quantitative estimate of drug-likeness (QED) is 0.800. The van der Waals surface area contributed by atoms with Gasteiger partial charge in [-0.3, -0.25) is 0 Å². The Balaban J connectivity index is 3.04. The summed E-state index contributed by atoms with van der Waals surface area (Å²) in [5.41, 5.74) is 0.549. The van der Waals surface area contributed by atoms with Crippen LogP contribution in [0.4, 0.5) is 0 Å². The molecule has 1 unspecified atom stereocenters. The van der Waals surface area contributed by atoms with Crippen LogP contribution in [0.1, 0.15) is 25.0 Å². The topological polar surface area (TPSA) is 70.3 Å². The zero-order valence-electron chi connectivity index (χ0n) is 10.1. The second-order valence-electron chi connectivity index (χ2n) is 4.34. The molecule has 0 aliphatic rings. The highest BCUT2D eigenvalue weighted by molar-refractivity contribution is 5.76. The second kappa shape index (κ2) is 4.98. The highest BCUT2D eigenvalue weighted by Crippen LogP contribution is 2.28. The smallest absolute Gasteiger partial charge is 0.335 e. The Labute approximate surface area is 100 Å². The van der Waals surface area contributed by atoms with Gasteiger partial charge in [-0.25, -0.2) is 4.79 Å². The SMILES string of the molecule is COC(=O)C(O)C(C)(C)c1ccc(C#N)cc1.